The largest absolute Gasteiger partial charge is 0.347 e. The van der Waals surface area contributed by atoms with Gasteiger partial charge in [-0.25, -0.2) is 0 Å². The minimum atomic E-state index is -3.13. The van der Waals surface area contributed by atoms with Crippen LogP contribution in [-0.2, 0) is 9.36 Å². The molecular weight excluding hydrogens is 217 g/mol. The molecule has 6 heteroatoms. The van der Waals surface area contributed by atoms with E-state index in [1.807, 2.05) is 20.8 Å². The minimum Gasteiger partial charge on any atom is -0.347 e. The molecule has 0 bridgehead atoms. The van der Waals surface area contributed by atoms with Gasteiger partial charge in [0.1, 0.15) is 0 Å². The second-order valence-corrected chi connectivity index (χ2v) is 4.32. The van der Waals surface area contributed by atoms with Gasteiger partial charge < -0.3 is 15.1 Å². The van der Waals surface area contributed by atoms with Crippen LogP contribution in [0.5, 0.6) is 0 Å². The summed E-state index contributed by atoms with van der Waals surface area (Å²) in [6, 6.07) is 0. The molecule has 15 heavy (non-hydrogen) atoms. The van der Waals surface area contributed by atoms with Crippen molar-refractivity contribution in [3.05, 3.63) is 12.2 Å². The van der Waals surface area contributed by atoms with Gasteiger partial charge in [-0.05, 0) is 27.2 Å². The van der Waals surface area contributed by atoms with Crippen LogP contribution in [0.3, 0.4) is 0 Å². The second-order valence-electron chi connectivity index (χ2n) is 3.75. The second kappa shape index (κ2) is 7.63. The molecule has 0 aromatic carbocycles. The van der Waals surface area contributed by atoms with Gasteiger partial charge in [0.2, 0.25) is 5.91 Å². The fourth-order valence-electron chi connectivity index (χ4n) is 0.502. The fourth-order valence-corrected chi connectivity index (χ4v) is 0.502. The zero-order valence-corrected chi connectivity index (χ0v) is 10.6. The smallest absolute Gasteiger partial charge is 0.314 e. The van der Waals surface area contributed by atoms with Crippen LogP contribution >= 0.6 is 8.25 Å². The van der Waals surface area contributed by atoms with Crippen molar-refractivity contribution < 1.29 is 19.1 Å². The molecule has 0 rings (SSSR count). The lowest BCUT2D eigenvalue weighted by Crippen LogP contribution is -2.42. The van der Waals surface area contributed by atoms with Crippen LogP contribution in [0.15, 0.2) is 12.2 Å². The van der Waals surface area contributed by atoms with Crippen molar-refractivity contribution in [2.24, 2.45) is 0 Å². The Balaban J connectivity index is 0. The molecule has 0 aromatic rings. The highest BCUT2D eigenvalue weighted by Crippen LogP contribution is 2.07. The van der Waals surface area contributed by atoms with Crippen LogP contribution in [0.2, 0.25) is 0 Å². The number of rotatable bonds is 3. The van der Waals surface area contributed by atoms with Gasteiger partial charge in [-0.15, -0.1) is 0 Å². The normalized spacial score (nSPS) is 10.3. The van der Waals surface area contributed by atoms with E-state index in [1.165, 1.54) is 0 Å². The number of amides is 1. The zero-order chi connectivity index (χ0) is 12.6. The lowest BCUT2D eigenvalue weighted by molar-refractivity contribution is -0.119. The van der Waals surface area contributed by atoms with E-state index in [0.29, 0.717) is 5.57 Å². The van der Waals surface area contributed by atoms with Crippen molar-refractivity contribution in [1.82, 2.24) is 5.32 Å². The van der Waals surface area contributed by atoms with Crippen molar-refractivity contribution in [1.29, 1.82) is 0 Å². The van der Waals surface area contributed by atoms with Crippen molar-refractivity contribution in [3.8, 4) is 0 Å². The Labute approximate surface area is 91.2 Å². The van der Waals surface area contributed by atoms with Crippen LogP contribution in [-0.4, -0.2) is 21.2 Å². The summed E-state index contributed by atoms with van der Waals surface area (Å²) < 4.78 is 8.74. The molecule has 0 radical (unpaired) electrons. The van der Waals surface area contributed by atoms with Gasteiger partial charge in [0.05, 0.1) is 0 Å². The molecule has 0 atom stereocenters. The van der Waals surface area contributed by atoms with E-state index < -0.39 is 8.25 Å². The van der Waals surface area contributed by atoms with Gasteiger partial charge in [-0.2, -0.15) is 0 Å². The first-order valence-corrected chi connectivity index (χ1v) is 5.82. The Kier molecular flexibility index (Phi) is 8.53. The molecule has 0 aliphatic heterocycles. The molecule has 0 saturated heterocycles. The van der Waals surface area contributed by atoms with Gasteiger partial charge in [-0.3, -0.25) is 9.36 Å². The van der Waals surface area contributed by atoms with Gasteiger partial charge >= 0.3 is 8.25 Å². The highest BCUT2D eigenvalue weighted by atomic mass is 31.1. The maximum Gasteiger partial charge on any atom is 0.314 e. The third kappa shape index (κ3) is 13.4. The first kappa shape index (κ1) is 16.8. The fraction of sp³-hybridized carbons (Fsp3) is 0.667. The molecule has 0 aliphatic carbocycles. The zero-order valence-electron chi connectivity index (χ0n) is 9.63. The molecule has 0 unspecified atom stereocenters. The van der Waals surface area contributed by atoms with Gasteiger partial charge in [0.15, 0.2) is 0 Å². The molecular formula is C9H20NO4P. The number of carbonyl (C=O) groups is 1. The molecule has 5 nitrogen and oxygen atoms in total. The molecule has 0 aromatic heterocycles. The first-order chi connectivity index (χ1) is 6.62. The number of hydrogen-bond acceptors (Lipinski definition) is 2. The average Bonchev–Trinajstić information content (AvgIpc) is 2.02. The standard InChI is InChI=1S/C9H17NO.H3O3P/c1-6-9(4,5)10-8(11)7(2)3;1-4(2)3/h2,6H2,1,3-5H3,(H,10,11);4H,(H2,1,2,3). The predicted octanol–water partition coefficient (Wildman–Crippen LogP) is 1.23. The van der Waals surface area contributed by atoms with Crippen LogP contribution in [0.1, 0.15) is 34.1 Å². The summed E-state index contributed by atoms with van der Waals surface area (Å²) in [6.07, 6.45) is 0.923. The average molecular weight is 237 g/mol. The maximum atomic E-state index is 11.1. The monoisotopic (exact) mass is 237 g/mol. The quantitative estimate of drug-likeness (QED) is 0.509. The molecule has 90 valence electrons. The molecule has 0 spiro atoms. The van der Waals surface area contributed by atoms with Gasteiger partial charge in [-0.1, -0.05) is 13.5 Å². The third-order valence-electron chi connectivity index (χ3n) is 1.72. The molecule has 0 saturated carbocycles. The molecule has 1 amide bonds. The Hall–Kier alpha value is -0.640. The highest BCUT2D eigenvalue weighted by Gasteiger charge is 2.17. The Bertz CT molecular complexity index is 246. The summed E-state index contributed by atoms with van der Waals surface area (Å²) >= 11 is 0. The SMILES string of the molecule is C=C(C)C(=O)NC(C)(C)CC.O=[PH](O)O. The van der Waals surface area contributed by atoms with E-state index in [1.54, 1.807) is 6.92 Å². The van der Waals surface area contributed by atoms with Crippen molar-refractivity contribution in [2.45, 2.75) is 39.7 Å². The lowest BCUT2D eigenvalue weighted by atomic mass is 10.0. The first-order valence-electron chi connectivity index (χ1n) is 4.52. The Morgan fingerprint density at radius 3 is 2.00 bits per heavy atom. The minimum absolute atomic E-state index is 0.0585. The topological polar surface area (TPSA) is 86.6 Å². The summed E-state index contributed by atoms with van der Waals surface area (Å²) in [5, 5.41) is 2.87. The number of carbonyl (C=O) groups excluding carboxylic acids is 1. The van der Waals surface area contributed by atoms with E-state index in [2.05, 4.69) is 11.9 Å². The van der Waals surface area contributed by atoms with E-state index in [9.17, 15) is 4.79 Å². The third-order valence-corrected chi connectivity index (χ3v) is 1.72. The summed E-state index contributed by atoms with van der Waals surface area (Å²) in [7, 11) is -3.13. The van der Waals surface area contributed by atoms with E-state index in [-0.39, 0.29) is 11.4 Å². The lowest BCUT2D eigenvalue weighted by Gasteiger charge is -2.24. The molecule has 0 aliphatic rings. The Morgan fingerprint density at radius 2 is 1.80 bits per heavy atom. The number of nitrogens with one attached hydrogen (secondary N) is 1. The van der Waals surface area contributed by atoms with E-state index >= 15 is 0 Å². The van der Waals surface area contributed by atoms with Crippen LogP contribution in [0, 0.1) is 0 Å². The summed E-state index contributed by atoms with van der Waals surface area (Å²) in [5.74, 6) is -0.0585. The van der Waals surface area contributed by atoms with E-state index in [0.717, 1.165) is 6.42 Å². The van der Waals surface area contributed by atoms with Crippen LogP contribution in [0.4, 0.5) is 0 Å². The predicted molar refractivity (Wildman–Crippen MR) is 60.8 cm³/mol. The van der Waals surface area contributed by atoms with Crippen LogP contribution < -0.4 is 5.32 Å². The molecule has 0 fully saturated rings. The van der Waals surface area contributed by atoms with Crippen molar-refractivity contribution >= 4 is 14.2 Å². The van der Waals surface area contributed by atoms with Crippen LogP contribution in [0.25, 0.3) is 0 Å². The van der Waals surface area contributed by atoms with Crippen molar-refractivity contribution in [2.75, 3.05) is 0 Å². The number of hydrogen-bond donors (Lipinski definition) is 3. The molecule has 3 N–H and O–H groups in total. The summed E-state index contributed by atoms with van der Waals surface area (Å²) in [5.41, 5.74) is 0.447. The summed E-state index contributed by atoms with van der Waals surface area (Å²) in [6.45, 7) is 11.3. The maximum absolute atomic E-state index is 11.1. The van der Waals surface area contributed by atoms with Crippen molar-refractivity contribution in [3.63, 3.8) is 0 Å². The molecule has 0 heterocycles. The summed E-state index contributed by atoms with van der Waals surface area (Å²) in [4.78, 5) is 25.4. The van der Waals surface area contributed by atoms with E-state index in [4.69, 9.17) is 14.4 Å². The highest BCUT2D eigenvalue weighted by molar-refractivity contribution is 7.30. The van der Waals surface area contributed by atoms with Gasteiger partial charge in [0, 0.05) is 11.1 Å². The Morgan fingerprint density at radius 1 is 1.47 bits per heavy atom. The van der Waals surface area contributed by atoms with Gasteiger partial charge in [0.25, 0.3) is 0 Å².